The van der Waals surface area contributed by atoms with Gasteiger partial charge in [0, 0.05) is 60.5 Å². The van der Waals surface area contributed by atoms with E-state index in [2.05, 4.69) is 63.2 Å². The van der Waals surface area contributed by atoms with Gasteiger partial charge in [0.2, 0.25) is 0 Å². The van der Waals surface area contributed by atoms with Crippen LogP contribution >= 0.6 is 0 Å². The van der Waals surface area contributed by atoms with Crippen LogP contribution in [0, 0.1) is 0 Å². The molecular formula is C25H27N7O2. The first-order valence-electron chi connectivity index (χ1n) is 11.6. The minimum atomic E-state index is -0.609. The van der Waals surface area contributed by atoms with Crippen LogP contribution in [-0.2, 0) is 0 Å². The van der Waals surface area contributed by atoms with Gasteiger partial charge in [-0.05, 0) is 50.6 Å². The molecule has 9 nitrogen and oxygen atoms in total. The van der Waals surface area contributed by atoms with E-state index in [-0.39, 0.29) is 5.76 Å². The monoisotopic (exact) mass is 457 g/mol. The Morgan fingerprint density at radius 3 is 2.68 bits per heavy atom. The third-order valence-corrected chi connectivity index (χ3v) is 6.97. The summed E-state index contributed by atoms with van der Waals surface area (Å²) in [5, 5.41) is 3.39. The van der Waals surface area contributed by atoms with Gasteiger partial charge >= 0.3 is 0 Å². The van der Waals surface area contributed by atoms with Crippen molar-refractivity contribution < 1.29 is 9.21 Å². The van der Waals surface area contributed by atoms with Crippen LogP contribution in [-0.4, -0.2) is 56.4 Å². The highest BCUT2D eigenvalue weighted by atomic mass is 16.3. The van der Waals surface area contributed by atoms with Crippen molar-refractivity contribution in [2.24, 2.45) is 5.73 Å². The first-order chi connectivity index (χ1) is 16.5. The molecule has 0 radical (unpaired) electrons. The quantitative estimate of drug-likeness (QED) is 0.457. The maximum Gasteiger partial charge on any atom is 0.284 e. The van der Waals surface area contributed by atoms with Crippen LogP contribution in [0.5, 0.6) is 0 Å². The van der Waals surface area contributed by atoms with Crippen LogP contribution in [0.1, 0.15) is 30.8 Å². The molecule has 5 heterocycles. The van der Waals surface area contributed by atoms with Crippen molar-refractivity contribution in [3.05, 3.63) is 60.9 Å². The Morgan fingerprint density at radius 1 is 1.18 bits per heavy atom. The summed E-state index contributed by atoms with van der Waals surface area (Å²) in [6.07, 6.45) is 8.04. The Bertz CT molecular complexity index is 1360. The minimum absolute atomic E-state index is 0.105. The number of furan rings is 1. The number of likely N-dealkylation sites (tertiary alicyclic amines) is 1. The van der Waals surface area contributed by atoms with E-state index in [1.807, 2.05) is 10.6 Å². The number of fused-ring (bicyclic) bond motifs is 3. The Balaban J connectivity index is 1.21. The van der Waals surface area contributed by atoms with E-state index in [4.69, 9.17) is 10.2 Å². The zero-order chi connectivity index (χ0) is 23.4. The number of carbonyl (C=O) groups excluding carboxylic acids is 1. The van der Waals surface area contributed by atoms with Gasteiger partial charge in [0.05, 0.1) is 11.9 Å². The van der Waals surface area contributed by atoms with Crippen LogP contribution in [0.25, 0.3) is 16.9 Å². The standard InChI is InChI=1S/C25H27N7O2/c1-15(2)31-12-20-10-19(31)13-32(20)18-5-3-17(4-6-18)29-24-25-27-7-8-30(25)21(11-28-24)16-9-22(23(26)33)34-14-16/h3-9,11,14-15,19-20H,10,12-13H2,1-2H3,(H2,26,33)(H,28,29)/t19-,20-/m0/s1. The fourth-order valence-corrected chi connectivity index (χ4v) is 5.34. The van der Waals surface area contributed by atoms with Gasteiger partial charge in [-0.15, -0.1) is 0 Å². The first-order valence-corrected chi connectivity index (χ1v) is 11.6. The lowest BCUT2D eigenvalue weighted by atomic mass is 10.2. The number of imidazole rings is 1. The van der Waals surface area contributed by atoms with Crippen molar-refractivity contribution >= 4 is 28.7 Å². The predicted molar refractivity (Wildman–Crippen MR) is 130 cm³/mol. The van der Waals surface area contributed by atoms with E-state index in [0.717, 1.165) is 24.5 Å². The summed E-state index contributed by atoms with van der Waals surface area (Å²) in [6, 6.07) is 12.0. The predicted octanol–water partition coefficient (Wildman–Crippen LogP) is 3.50. The molecule has 2 bridgehead atoms. The molecule has 2 atom stereocenters. The largest absolute Gasteiger partial charge is 0.458 e. The Labute approximate surface area is 197 Å². The van der Waals surface area contributed by atoms with Gasteiger partial charge in [-0.3, -0.25) is 14.1 Å². The van der Waals surface area contributed by atoms with E-state index < -0.39 is 5.91 Å². The Kier molecular flexibility index (Phi) is 4.80. The normalized spacial score (nSPS) is 20.0. The fraction of sp³-hybridized carbons (Fsp3) is 0.320. The molecular weight excluding hydrogens is 430 g/mol. The van der Waals surface area contributed by atoms with Crippen molar-refractivity contribution in [1.82, 2.24) is 19.3 Å². The molecule has 2 fully saturated rings. The highest BCUT2D eigenvalue weighted by Gasteiger charge is 2.43. The molecule has 174 valence electrons. The third-order valence-electron chi connectivity index (χ3n) is 6.97. The van der Waals surface area contributed by atoms with E-state index in [9.17, 15) is 4.79 Å². The molecule has 0 spiro atoms. The molecule has 0 aliphatic carbocycles. The van der Waals surface area contributed by atoms with E-state index in [1.54, 1.807) is 18.5 Å². The van der Waals surface area contributed by atoms with Gasteiger partial charge in [0.25, 0.3) is 5.91 Å². The van der Waals surface area contributed by atoms with E-state index in [1.165, 1.54) is 18.4 Å². The van der Waals surface area contributed by atoms with E-state index >= 15 is 0 Å². The molecule has 3 aromatic heterocycles. The zero-order valence-corrected chi connectivity index (χ0v) is 19.2. The van der Waals surface area contributed by atoms with Crippen molar-refractivity contribution in [2.75, 3.05) is 23.3 Å². The molecule has 2 aliphatic rings. The molecule has 2 aliphatic heterocycles. The van der Waals surface area contributed by atoms with Gasteiger partial charge in [-0.1, -0.05) is 0 Å². The lowest BCUT2D eigenvalue weighted by molar-refractivity contribution is 0.0974. The molecule has 4 aromatic rings. The molecule has 0 saturated carbocycles. The van der Waals surface area contributed by atoms with Crippen LogP contribution in [0.15, 0.2) is 59.6 Å². The van der Waals surface area contributed by atoms with E-state index in [0.29, 0.717) is 35.2 Å². The van der Waals surface area contributed by atoms with Crippen molar-refractivity contribution in [2.45, 2.75) is 38.4 Å². The van der Waals surface area contributed by atoms with Gasteiger partial charge in [-0.2, -0.15) is 0 Å². The average Bonchev–Trinajstić information content (AvgIpc) is 3.63. The number of rotatable bonds is 6. The number of nitrogens with zero attached hydrogens (tertiary/aromatic N) is 5. The maximum atomic E-state index is 11.4. The number of piperazine rings is 1. The second kappa shape index (κ2) is 7.88. The molecule has 2 saturated heterocycles. The SMILES string of the molecule is CC(C)N1C[C@@H]2C[C@H]1CN2c1ccc(Nc2ncc(-c3coc(C(N)=O)c3)n3ccnc23)cc1. The minimum Gasteiger partial charge on any atom is -0.458 e. The number of hydrogen-bond acceptors (Lipinski definition) is 7. The number of amides is 1. The average molecular weight is 458 g/mol. The highest BCUT2D eigenvalue weighted by molar-refractivity contribution is 5.91. The molecule has 34 heavy (non-hydrogen) atoms. The van der Waals surface area contributed by atoms with Crippen molar-refractivity contribution in [1.29, 1.82) is 0 Å². The molecule has 1 aromatic carbocycles. The lowest BCUT2D eigenvalue weighted by Gasteiger charge is -2.37. The summed E-state index contributed by atoms with van der Waals surface area (Å²) < 4.78 is 7.17. The first kappa shape index (κ1) is 20.7. The second-order valence-electron chi connectivity index (χ2n) is 9.33. The van der Waals surface area contributed by atoms with Crippen LogP contribution < -0.4 is 16.0 Å². The smallest absolute Gasteiger partial charge is 0.284 e. The molecule has 6 rings (SSSR count). The lowest BCUT2D eigenvalue weighted by Crippen LogP contribution is -2.48. The summed E-state index contributed by atoms with van der Waals surface area (Å²) in [5.41, 5.74) is 9.66. The maximum absolute atomic E-state index is 11.4. The zero-order valence-electron chi connectivity index (χ0n) is 19.2. The summed E-state index contributed by atoms with van der Waals surface area (Å²) >= 11 is 0. The summed E-state index contributed by atoms with van der Waals surface area (Å²) in [4.78, 5) is 25.6. The number of anilines is 3. The number of aromatic nitrogens is 3. The van der Waals surface area contributed by atoms with Gasteiger partial charge < -0.3 is 20.4 Å². The van der Waals surface area contributed by atoms with Crippen molar-refractivity contribution in [3.8, 4) is 11.3 Å². The summed E-state index contributed by atoms with van der Waals surface area (Å²) in [7, 11) is 0. The number of nitrogens with one attached hydrogen (secondary N) is 1. The summed E-state index contributed by atoms with van der Waals surface area (Å²) in [5.74, 6) is 0.142. The molecule has 0 unspecified atom stereocenters. The number of benzene rings is 1. The molecule has 1 amide bonds. The van der Waals surface area contributed by atoms with Gasteiger partial charge in [0.1, 0.15) is 6.26 Å². The number of hydrogen-bond donors (Lipinski definition) is 2. The Hall–Kier alpha value is -3.85. The van der Waals surface area contributed by atoms with Crippen LogP contribution in [0.2, 0.25) is 0 Å². The number of primary amides is 1. The summed E-state index contributed by atoms with van der Waals surface area (Å²) in [6.45, 7) is 6.82. The van der Waals surface area contributed by atoms with Crippen molar-refractivity contribution in [3.63, 3.8) is 0 Å². The van der Waals surface area contributed by atoms with Gasteiger partial charge in [0.15, 0.2) is 17.2 Å². The molecule has 3 N–H and O–H groups in total. The topological polar surface area (TPSA) is 105 Å². The number of nitrogens with two attached hydrogens (primary N) is 1. The molecule has 9 heteroatoms. The van der Waals surface area contributed by atoms with Crippen LogP contribution in [0.4, 0.5) is 17.2 Å². The fourth-order valence-electron chi connectivity index (χ4n) is 5.34. The second-order valence-corrected chi connectivity index (χ2v) is 9.33. The Morgan fingerprint density at radius 2 is 2.00 bits per heavy atom. The highest BCUT2D eigenvalue weighted by Crippen LogP contribution is 2.36. The number of carbonyl (C=O) groups is 1. The van der Waals surface area contributed by atoms with Gasteiger partial charge in [-0.25, -0.2) is 9.97 Å². The van der Waals surface area contributed by atoms with Crippen LogP contribution in [0.3, 0.4) is 0 Å². The third kappa shape index (κ3) is 3.40.